The Morgan fingerprint density at radius 1 is 1.71 bits per heavy atom. The third-order valence-electron chi connectivity index (χ3n) is 2.08. The summed E-state index contributed by atoms with van der Waals surface area (Å²) in [6.45, 7) is 3.96. The summed E-state index contributed by atoms with van der Waals surface area (Å²) in [5.41, 5.74) is 0. The predicted molar refractivity (Wildman–Crippen MR) is 55.4 cm³/mol. The van der Waals surface area contributed by atoms with Crippen molar-refractivity contribution in [3.8, 4) is 12.3 Å². The van der Waals surface area contributed by atoms with Crippen molar-refractivity contribution in [3.63, 3.8) is 0 Å². The van der Waals surface area contributed by atoms with Crippen LogP contribution < -0.4 is 4.90 Å². The van der Waals surface area contributed by atoms with Crippen molar-refractivity contribution >= 4 is 16.7 Å². The number of ether oxygens (including phenoxy) is 1. The molecule has 0 aromatic carbocycles. The van der Waals surface area contributed by atoms with Gasteiger partial charge in [0.1, 0.15) is 11.9 Å². The number of rotatable bonds is 1. The molecule has 2 rings (SSSR count). The lowest BCUT2D eigenvalue weighted by Crippen LogP contribution is -2.44. The molecule has 1 atom stereocenters. The van der Waals surface area contributed by atoms with Crippen molar-refractivity contribution in [1.82, 2.24) is 9.36 Å². The lowest BCUT2D eigenvalue weighted by atomic mass is 10.2. The van der Waals surface area contributed by atoms with E-state index in [2.05, 4.69) is 20.2 Å². The van der Waals surface area contributed by atoms with E-state index >= 15 is 0 Å². The van der Waals surface area contributed by atoms with Gasteiger partial charge in [0, 0.05) is 18.1 Å². The van der Waals surface area contributed by atoms with Crippen molar-refractivity contribution in [2.75, 3.05) is 24.7 Å². The molecule has 0 unspecified atom stereocenters. The number of nitrogens with zero attached hydrogens (tertiary/aromatic N) is 3. The minimum atomic E-state index is -0.00361. The van der Waals surface area contributed by atoms with E-state index in [-0.39, 0.29) is 6.04 Å². The summed E-state index contributed by atoms with van der Waals surface area (Å²) in [6.07, 6.45) is 5.42. The molecule has 1 fully saturated rings. The van der Waals surface area contributed by atoms with Crippen molar-refractivity contribution < 1.29 is 4.74 Å². The molecule has 4 nitrogen and oxygen atoms in total. The molecule has 0 spiro atoms. The molecule has 0 aliphatic carbocycles. The molecule has 5 heteroatoms. The van der Waals surface area contributed by atoms with Crippen LogP contribution in [0.2, 0.25) is 0 Å². The van der Waals surface area contributed by atoms with E-state index in [1.54, 1.807) is 0 Å². The van der Waals surface area contributed by atoms with Crippen LogP contribution in [0.1, 0.15) is 5.82 Å². The van der Waals surface area contributed by atoms with E-state index in [1.165, 1.54) is 11.5 Å². The van der Waals surface area contributed by atoms with Gasteiger partial charge in [-0.3, -0.25) is 0 Å². The van der Waals surface area contributed by atoms with Crippen LogP contribution in [0.4, 0.5) is 5.13 Å². The monoisotopic (exact) mass is 209 g/mol. The van der Waals surface area contributed by atoms with E-state index in [0.717, 1.165) is 17.5 Å². The SMILES string of the molecule is C#C[C@H]1COCCN1c1nc(C)ns1. The van der Waals surface area contributed by atoms with Gasteiger partial charge in [0.15, 0.2) is 0 Å². The molecule has 1 aliphatic rings. The highest BCUT2D eigenvalue weighted by Gasteiger charge is 2.23. The first-order valence-corrected chi connectivity index (χ1v) is 5.19. The van der Waals surface area contributed by atoms with Gasteiger partial charge in [0.2, 0.25) is 5.13 Å². The standard InChI is InChI=1S/C9H11N3OS/c1-3-8-6-13-5-4-12(8)9-10-7(2)11-14-9/h1,8H,4-6H2,2H3/t8-/m0/s1. The average molecular weight is 209 g/mol. The van der Waals surface area contributed by atoms with Gasteiger partial charge in [0.05, 0.1) is 13.2 Å². The van der Waals surface area contributed by atoms with Gasteiger partial charge in [0.25, 0.3) is 0 Å². The molecule has 1 aromatic rings. The maximum Gasteiger partial charge on any atom is 0.206 e. The maximum absolute atomic E-state index is 5.42. The normalized spacial score (nSPS) is 22.0. The second kappa shape index (κ2) is 3.95. The van der Waals surface area contributed by atoms with Crippen LogP contribution in [0.5, 0.6) is 0 Å². The molecule has 0 saturated carbocycles. The van der Waals surface area contributed by atoms with Crippen molar-refractivity contribution in [1.29, 1.82) is 0 Å². The van der Waals surface area contributed by atoms with Gasteiger partial charge >= 0.3 is 0 Å². The predicted octanol–water partition coefficient (Wildman–Crippen LogP) is 0.685. The topological polar surface area (TPSA) is 38.2 Å². The highest BCUT2D eigenvalue weighted by molar-refractivity contribution is 7.09. The Hall–Kier alpha value is -1.12. The zero-order valence-electron chi connectivity index (χ0n) is 7.93. The molecule has 0 amide bonds. The van der Waals surface area contributed by atoms with Gasteiger partial charge < -0.3 is 9.64 Å². The van der Waals surface area contributed by atoms with E-state index in [1.807, 2.05) is 6.92 Å². The Bertz CT molecular complexity index is 357. The van der Waals surface area contributed by atoms with Crippen LogP contribution in [0.25, 0.3) is 0 Å². The molecular weight excluding hydrogens is 198 g/mol. The van der Waals surface area contributed by atoms with Gasteiger partial charge in [-0.2, -0.15) is 4.37 Å². The van der Waals surface area contributed by atoms with E-state index in [9.17, 15) is 0 Å². The number of aryl methyl sites for hydroxylation is 1. The molecule has 0 bridgehead atoms. The van der Waals surface area contributed by atoms with Crippen LogP contribution in [0.15, 0.2) is 0 Å². The van der Waals surface area contributed by atoms with Gasteiger partial charge in [-0.05, 0) is 6.92 Å². The summed E-state index contributed by atoms with van der Waals surface area (Å²) in [7, 11) is 0. The van der Waals surface area contributed by atoms with Crippen LogP contribution in [0, 0.1) is 19.3 Å². The molecule has 0 radical (unpaired) electrons. The maximum atomic E-state index is 5.42. The summed E-state index contributed by atoms with van der Waals surface area (Å²) in [6, 6.07) is -0.00361. The van der Waals surface area contributed by atoms with Crippen molar-refractivity contribution in [2.45, 2.75) is 13.0 Å². The lowest BCUT2D eigenvalue weighted by molar-refractivity contribution is 0.108. The fourth-order valence-corrected chi connectivity index (χ4v) is 2.12. The highest BCUT2D eigenvalue weighted by Crippen LogP contribution is 2.21. The third kappa shape index (κ3) is 1.72. The van der Waals surface area contributed by atoms with Crippen molar-refractivity contribution in [3.05, 3.63) is 5.82 Å². The first-order valence-electron chi connectivity index (χ1n) is 4.42. The third-order valence-corrected chi connectivity index (χ3v) is 2.93. The summed E-state index contributed by atoms with van der Waals surface area (Å²) >= 11 is 1.39. The van der Waals surface area contributed by atoms with Crippen molar-refractivity contribution in [2.24, 2.45) is 0 Å². The van der Waals surface area contributed by atoms with Gasteiger partial charge in [-0.25, -0.2) is 4.98 Å². The highest BCUT2D eigenvalue weighted by atomic mass is 32.1. The minimum Gasteiger partial charge on any atom is -0.376 e. The first kappa shape index (κ1) is 9.44. The Balaban J connectivity index is 2.19. The Kier molecular flexibility index (Phi) is 2.66. The van der Waals surface area contributed by atoms with E-state index in [0.29, 0.717) is 13.2 Å². The molecule has 74 valence electrons. The Labute approximate surface area is 87.1 Å². The fraction of sp³-hybridized carbons (Fsp3) is 0.556. The summed E-state index contributed by atoms with van der Waals surface area (Å²) in [5, 5.41) is 0.897. The first-order chi connectivity index (χ1) is 6.81. The lowest BCUT2D eigenvalue weighted by Gasteiger charge is -2.31. The molecule has 1 aliphatic heterocycles. The molecule has 1 aromatic heterocycles. The smallest absolute Gasteiger partial charge is 0.206 e. The van der Waals surface area contributed by atoms with E-state index < -0.39 is 0 Å². The second-order valence-electron chi connectivity index (χ2n) is 3.07. The number of hydrogen-bond acceptors (Lipinski definition) is 5. The van der Waals surface area contributed by atoms with Gasteiger partial charge in [-0.15, -0.1) is 6.42 Å². The molecule has 1 saturated heterocycles. The molecule has 2 heterocycles. The molecular formula is C9H11N3OS. The van der Waals surface area contributed by atoms with Crippen LogP contribution in [0.3, 0.4) is 0 Å². The number of aromatic nitrogens is 2. The summed E-state index contributed by atoms with van der Waals surface area (Å²) in [4.78, 5) is 6.39. The van der Waals surface area contributed by atoms with E-state index in [4.69, 9.17) is 11.2 Å². The van der Waals surface area contributed by atoms with Crippen LogP contribution in [-0.4, -0.2) is 35.2 Å². The Morgan fingerprint density at radius 3 is 3.21 bits per heavy atom. The number of morpholine rings is 1. The second-order valence-corrected chi connectivity index (χ2v) is 3.81. The summed E-state index contributed by atoms with van der Waals surface area (Å²) < 4.78 is 9.44. The minimum absolute atomic E-state index is 0.00361. The number of terminal acetylenes is 1. The zero-order valence-corrected chi connectivity index (χ0v) is 8.75. The largest absolute Gasteiger partial charge is 0.376 e. The number of anilines is 1. The van der Waals surface area contributed by atoms with Gasteiger partial charge in [-0.1, -0.05) is 5.92 Å². The zero-order chi connectivity index (χ0) is 9.97. The quantitative estimate of drug-likeness (QED) is 0.638. The number of hydrogen-bond donors (Lipinski definition) is 0. The average Bonchev–Trinajstić information content (AvgIpc) is 2.65. The Morgan fingerprint density at radius 2 is 2.57 bits per heavy atom. The summed E-state index contributed by atoms with van der Waals surface area (Å²) in [5.74, 6) is 3.50. The molecule has 0 N–H and O–H groups in total. The van der Waals surface area contributed by atoms with Crippen LogP contribution in [-0.2, 0) is 4.74 Å². The van der Waals surface area contributed by atoms with Crippen LogP contribution >= 0.6 is 11.5 Å². The fourth-order valence-electron chi connectivity index (χ4n) is 1.37. The molecule has 14 heavy (non-hydrogen) atoms.